The molecule has 1 aliphatic heterocycles. The van der Waals surface area contributed by atoms with Crippen molar-refractivity contribution in [3.8, 4) is 11.3 Å². The molecule has 0 bridgehead atoms. The van der Waals surface area contributed by atoms with Gasteiger partial charge in [0, 0.05) is 24.9 Å². The summed E-state index contributed by atoms with van der Waals surface area (Å²) in [5.74, 6) is 2.31. The molecular weight excluding hydrogens is 302 g/mol. The molecule has 1 aliphatic rings. The van der Waals surface area contributed by atoms with E-state index in [-0.39, 0.29) is 5.91 Å². The van der Waals surface area contributed by atoms with Crippen molar-refractivity contribution >= 4 is 5.91 Å². The van der Waals surface area contributed by atoms with Crippen LogP contribution in [0.15, 0.2) is 40.9 Å². The van der Waals surface area contributed by atoms with Crippen molar-refractivity contribution in [2.45, 2.75) is 32.1 Å². The van der Waals surface area contributed by atoms with Crippen molar-refractivity contribution in [1.82, 2.24) is 15.6 Å². The Labute approximate surface area is 142 Å². The molecule has 1 aromatic carbocycles. The minimum Gasteiger partial charge on any atom is -0.441 e. The van der Waals surface area contributed by atoms with Crippen molar-refractivity contribution < 1.29 is 9.21 Å². The lowest BCUT2D eigenvalue weighted by Gasteiger charge is -2.09. The number of carbonyl (C=O) groups excluding carboxylic acids is 1. The lowest BCUT2D eigenvalue weighted by atomic mass is 10.1. The highest BCUT2D eigenvalue weighted by atomic mass is 16.4. The van der Waals surface area contributed by atoms with Gasteiger partial charge in [-0.1, -0.05) is 30.3 Å². The molecular formula is C19H25N3O2. The van der Waals surface area contributed by atoms with Crippen LogP contribution in [-0.4, -0.2) is 30.5 Å². The van der Waals surface area contributed by atoms with Gasteiger partial charge in [-0.3, -0.25) is 4.79 Å². The molecule has 0 spiro atoms. The minimum atomic E-state index is 0.121. The summed E-state index contributed by atoms with van der Waals surface area (Å²) in [6.07, 6.45) is 6.01. The van der Waals surface area contributed by atoms with E-state index in [1.807, 2.05) is 30.3 Å². The van der Waals surface area contributed by atoms with E-state index in [2.05, 4.69) is 15.6 Å². The van der Waals surface area contributed by atoms with E-state index in [0.717, 1.165) is 43.8 Å². The van der Waals surface area contributed by atoms with E-state index in [4.69, 9.17) is 4.42 Å². The molecule has 1 aromatic heterocycles. The maximum atomic E-state index is 11.9. The summed E-state index contributed by atoms with van der Waals surface area (Å²) in [6, 6.07) is 9.92. The van der Waals surface area contributed by atoms with E-state index in [0.29, 0.717) is 24.7 Å². The number of hydrogen-bond acceptors (Lipinski definition) is 4. The van der Waals surface area contributed by atoms with E-state index < -0.39 is 0 Å². The number of aromatic nitrogens is 1. The van der Waals surface area contributed by atoms with Gasteiger partial charge in [-0.05, 0) is 38.3 Å². The van der Waals surface area contributed by atoms with Gasteiger partial charge in [0.2, 0.25) is 5.91 Å². The number of hydrogen-bond donors (Lipinski definition) is 2. The largest absolute Gasteiger partial charge is 0.441 e. The Balaban J connectivity index is 1.34. The Bertz CT molecular complexity index is 633. The highest BCUT2D eigenvalue weighted by Crippen LogP contribution is 2.20. The number of benzene rings is 1. The molecule has 1 amide bonds. The van der Waals surface area contributed by atoms with Crippen molar-refractivity contribution in [2.24, 2.45) is 5.92 Å². The van der Waals surface area contributed by atoms with Gasteiger partial charge >= 0.3 is 0 Å². The average molecular weight is 327 g/mol. The Morgan fingerprint density at radius 3 is 3.00 bits per heavy atom. The Morgan fingerprint density at radius 2 is 2.21 bits per heavy atom. The number of aryl methyl sites for hydroxylation is 1. The van der Waals surface area contributed by atoms with Gasteiger partial charge in [-0.15, -0.1) is 0 Å². The molecule has 1 unspecified atom stereocenters. The van der Waals surface area contributed by atoms with E-state index in [1.54, 1.807) is 6.20 Å². The Morgan fingerprint density at radius 1 is 1.33 bits per heavy atom. The summed E-state index contributed by atoms with van der Waals surface area (Å²) >= 11 is 0. The molecule has 2 heterocycles. The van der Waals surface area contributed by atoms with Crippen LogP contribution in [-0.2, 0) is 11.2 Å². The molecule has 1 saturated heterocycles. The first-order valence-electron chi connectivity index (χ1n) is 8.79. The molecule has 1 atom stereocenters. The van der Waals surface area contributed by atoms with Crippen molar-refractivity contribution in [3.63, 3.8) is 0 Å². The van der Waals surface area contributed by atoms with E-state index >= 15 is 0 Å². The average Bonchev–Trinajstić information content (AvgIpc) is 3.28. The van der Waals surface area contributed by atoms with Crippen LogP contribution in [0.2, 0.25) is 0 Å². The van der Waals surface area contributed by atoms with Gasteiger partial charge < -0.3 is 15.1 Å². The summed E-state index contributed by atoms with van der Waals surface area (Å²) in [7, 11) is 0. The topological polar surface area (TPSA) is 67.2 Å². The first-order chi connectivity index (χ1) is 11.8. The Kier molecular flexibility index (Phi) is 6.01. The summed E-state index contributed by atoms with van der Waals surface area (Å²) in [5.41, 5.74) is 1.02. The summed E-state index contributed by atoms with van der Waals surface area (Å²) in [5, 5.41) is 6.36. The molecule has 5 nitrogen and oxygen atoms in total. The van der Waals surface area contributed by atoms with Crippen LogP contribution < -0.4 is 10.6 Å². The lowest BCUT2D eigenvalue weighted by Crippen LogP contribution is -2.26. The molecule has 2 aromatic rings. The van der Waals surface area contributed by atoms with Crippen LogP contribution in [0.4, 0.5) is 0 Å². The van der Waals surface area contributed by atoms with Gasteiger partial charge in [0.05, 0.1) is 6.20 Å². The number of carbonyl (C=O) groups is 1. The maximum Gasteiger partial charge on any atom is 0.220 e. The second-order valence-electron chi connectivity index (χ2n) is 6.34. The van der Waals surface area contributed by atoms with Gasteiger partial charge in [0.1, 0.15) is 0 Å². The van der Waals surface area contributed by atoms with Crippen LogP contribution in [0.3, 0.4) is 0 Å². The van der Waals surface area contributed by atoms with Gasteiger partial charge in [0.15, 0.2) is 11.7 Å². The molecule has 3 rings (SSSR count). The first kappa shape index (κ1) is 16.7. The summed E-state index contributed by atoms with van der Waals surface area (Å²) < 4.78 is 5.75. The zero-order valence-corrected chi connectivity index (χ0v) is 14.0. The van der Waals surface area contributed by atoms with E-state index in [1.165, 1.54) is 6.42 Å². The second kappa shape index (κ2) is 8.64. The number of rotatable bonds is 8. The number of nitrogens with zero attached hydrogens (tertiary/aromatic N) is 1. The molecule has 0 aliphatic carbocycles. The third-order valence-electron chi connectivity index (χ3n) is 4.44. The fourth-order valence-corrected chi connectivity index (χ4v) is 3.03. The van der Waals surface area contributed by atoms with Crippen LogP contribution >= 0.6 is 0 Å². The van der Waals surface area contributed by atoms with Crippen LogP contribution in [0.1, 0.15) is 31.6 Å². The molecule has 24 heavy (non-hydrogen) atoms. The molecule has 128 valence electrons. The standard InChI is InChI=1S/C19H25N3O2/c23-18(21-12-10-15-9-11-20-13-15)7-4-8-19-22-14-17(24-19)16-5-2-1-3-6-16/h1-3,5-6,14-15,20H,4,7-13H2,(H,21,23). The molecule has 0 radical (unpaired) electrons. The van der Waals surface area contributed by atoms with Gasteiger partial charge in [-0.2, -0.15) is 0 Å². The monoisotopic (exact) mass is 327 g/mol. The highest BCUT2D eigenvalue weighted by molar-refractivity contribution is 5.75. The fourth-order valence-electron chi connectivity index (χ4n) is 3.03. The predicted molar refractivity (Wildman–Crippen MR) is 93.5 cm³/mol. The van der Waals surface area contributed by atoms with Crippen LogP contribution in [0, 0.1) is 5.92 Å². The summed E-state index contributed by atoms with van der Waals surface area (Å²) in [4.78, 5) is 16.2. The number of nitrogens with one attached hydrogen (secondary N) is 2. The van der Waals surface area contributed by atoms with Crippen LogP contribution in [0.25, 0.3) is 11.3 Å². The van der Waals surface area contributed by atoms with Gasteiger partial charge in [-0.25, -0.2) is 4.98 Å². The molecule has 1 fully saturated rings. The predicted octanol–water partition coefficient (Wildman–Crippen LogP) is 2.78. The van der Waals surface area contributed by atoms with Gasteiger partial charge in [0.25, 0.3) is 0 Å². The number of oxazole rings is 1. The molecule has 5 heteroatoms. The zero-order chi connectivity index (χ0) is 16.6. The first-order valence-corrected chi connectivity index (χ1v) is 8.79. The maximum absolute atomic E-state index is 11.9. The minimum absolute atomic E-state index is 0.121. The lowest BCUT2D eigenvalue weighted by molar-refractivity contribution is -0.121. The quantitative estimate of drug-likeness (QED) is 0.782. The SMILES string of the molecule is O=C(CCCc1ncc(-c2ccccc2)o1)NCCC1CCNC1. The van der Waals surface area contributed by atoms with Crippen molar-refractivity contribution in [3.05, 3.63) is 42.4 Å². The third-order valence-corrected chi connectivity index (χ3v) is 4.44. The molecule has 2 N–H and O–H groups in total. The van der Waals surface area contributed by atoms with Crippen LogP contribution in [0.5, 0.6) is 0 Å². The van der Waals surface area contributed by atoms with E-state index in [9.17, 15) is 4.79 Å². The smallest absolute Gasteiger partial charge is 0.220 e. The van der Waals surface area contributed by atoms with Crippen molar-refractivity contribution in [1.29, 1.82) is 0 Å². The number of amides is 1. The normalized spacial score (nSPS) is 17.1. The second-order valence-corrected chi connectivity index (χ2v) is 6.34. The summed E-state index contributed by atoms with van der Waals surface area (Å²) in [6.45, 7) is 2.98. The third kappa shape index (κ3) is 4.93. The fraction of sp³-hybridized carbons (Fsp3) is 0.474. The molecule has 0 saturated carbocycles. The zero-order valence-electron chi connectivity index (χ0n) is 14.0. The highest BCUT2D eigenvalue weighted by Gasteiger charge is 2.14. The Hall–Kier alpha value is -2.14. The van der Waals surface area contributed by atoms with Crippen molar-refractivity contribution in [2.75, 3.05) is 19.6 Å².